The van der Waals surface area contributed by atoms with Gasteiger partial charge in [0.15, 0.2) is 0 Å². The summed E-state index contributed by atoms with van der Waals surface area (Å²) in [6.45, 7) is 4.64. The maximum absolute atomic E-state index is 12.6. The van der Waals surface area contributed by atoms with Gasteiger partial charge in [0.2, 0.25) is 10.0 Å². The van der Waals surface area contributed by atoms with E-state index in [0.29, 0.717) is 31.7 Å². The van der Waals surface area contributed by atoms with E-state index in [1.807, 2.05) is 44.2 Å². The zero-order valence-corrected chi connectivity index (χ0v) is 17.3. The molecule has 1 fully saturated rings. The lowest BCUT2D eigenvalue weighted by atomic mass is 10.1. The van der Waals surface area contributed by atoms with E-state index in [1.54, 1.807) is 17.7 Å². The smallest absolute Gasteiger partial charge is 0.254 e. The summed E-state index contributed by atoms with van der Waals surface area (Å²) in [5, 5.41) is 1.27. The quantitative estimate of drug-likeness (QED) is 0.771. The number of hydrogen-bond donors (Lipinski definition) is 0. The Morgan fingerprint density at radius 3 is 2.32 bits per heavy atom. The predicted molar refractivity (Wildman–Crippen MR) is 111 cm³/mol. The van der Waals surface area contributed by atoms with Crippen LogP contribution in [0.1, 0.15) is 29.7 Å². The van der Waals surface area contributed by atoms with Crippen LogP contribution in [0.15, 0.2) is 46.6 Å². The number of nitrogens with zero attached hydrogens (tertiary/aromatic N) is 2. The zero-order valence-electron chi connectivity index (χ0n) is 16.5. The molecule has 0 atom stereocenters. The van der Waals surface area contributed by atoms with Crippen LogP contribution >= 0.6 is 0 Å². The molecule has 150 valence electrons. The van der Waals surface area contributed by atoms with E-state index in [9.17, 15) is 13.2 Å². The lowest BCUT2D eigenvalue weighted by Crippen LogP contribution is -2.41. The lowest BCUT2D eigenvalue weighted by Gasteiger charge is -2.30. The van der Waals surface area contributed by atoms with Crippen LogP contribution in [0.3, 0.4) is 0 Å². The normalized spacial score (nSPS) is 16.5. The van der Waals surface area contributed by atoms with Crippen molar-refractivity contribution >= 4 is 16.1 Å². The van der Waals surface area contributed by atoms with E-state index in [-0.39, 0.29) is 11.7 Å². The van der Waals surface area contributed by atoms with Crippen molar-refractivity contribution < 1.29 is 13.2 Å². The van der Waals surface area contributed by atoms with Crippen molar-refractivity contribution in [1.29, 1.82) is 0 Å². The van der Waals surface area contributed by atoms with Gasteiger partial charge < -0.3 is 9.30 Å². The second-order valence-corrected chi connectivity index (χ2v) is 9.02. The number of benzene rings is 1. The van der Waals surface area contributed by atoms with Crippen LogP contribution in [-0.2, 0) is 17.1 Å². The standard InChI is InChI=1S/C21H26N2O4S/c1-16-4-6-18(7-5-16)10-13-28(25,26)23-11-8-19(9-12-23)27-20-14-17(2)22(3)21(24)15-20/h4-7,10,13-15,19H,8-9,11-12H2,1-3H3/b13-10+. The minimum Gasteiger partial charge on any atom is -0.490 e. The summed E-state index contributed by atoms with van der Waals surface area (Å²) in [5.41, 5.74) is 2.70. The number of ether oxygens (including phenoxy) is 1. The number of pyridine rings is 1. The summed E-state index contributed by atoms with van der Waals surface area (Å²) < 4.78 is 34.1. The molecule has 0 saturated carbocycles. The Bertz CT molecular complexity index is 1020. The van der Waals surface area contributed by atoms with Gasteiger partial charge in [0.1, 0.15) is 11.9 Å². The zero-order chi connectivity index (χ0) is 20.3. The highest BCUT2D eigenvalue weighted by atomic mass is 32.2. The van der Waals surface area contributed by atoms with E-state index < -0.39 is 10.0 Å². The molecule has 0 unspecified atom stereocenters. The van der Waals surface area contributed by atoms with Gasteiger partial charge in [-0.25, -0.2) is 8.42 Å². The number of hydrogen-bond acceptors (Lipinski definition) is 4. The highest BCUT2D eigenvalue weighted by Crippen LogP contribution is 2.21. The summed E-state index contributed by atoms with van der Waals surface area (Å²) in [5.74, 6) is 0.543. The van der Waals surface area contributed by atoms with Crippen LogP contribution in [0, 0.1) is 13.8 Å². The first-order valence-electron chi connectivity index (χ1n) is 9.34. The highest BCUT2D eigenvalue weighted by Gasteiger charge is 2.27. The van der Waals surface area contributed by atoms with Crippen LogP contribution in [0.2, 0.25) is 0 Å². The SMILES string of the molecule is Cc1ccc(/C=C/S(=O)(=O)N2CCC(Oc3cc(C)n(C)c(=O)c3)CC2)cc1. The third-order valence-corrected chi connectivity index (χ3v) is 6.61. The van der Waals surface area contributed by atoms with Crippen LogP contribution in [0.25, 0.3) is 6.08 Å². The average Bonchev–Trinajstić information content (AvgIpc) is 2.66. The van der Waals surface area contributed by atoms with Gasteiger partial charge in [0.25, 0.3) is 5.56 Å². The van der Waals surface area contributed by atoms with Crippen LogP contribution in [-0.4, -0.2) is 36.5 Å². The molecule has 0 N–H and O–H groups in total. The van der Waals surface area contributed by atoms with Crippen molar-refractivity contribution in [1.82, 2.24) is 8.87 Å². The van der Waals surface area contributed by atoms with Gasteiger partial charge in [-0.1, -0.05) is 29.8 Å². The third kappa shape index (κ3) is 4.91. The van der Waals surface area contributed by atoms with Gasteiger partial charge in [-0.15, -0.1) is 0 Å². The van der Waals surface area contributed by atoms with E-state index in [0.717, 1.165) is 16.8 Å². The first-order chi connectivity index (χ1) is 13.2. The second-order valence-electron chi connectivity index (χ2n) is 7.20. The van der Waals surface area contributed by atoms with Crippen molar-refractivity contribution in [2.75, 3.05) is 13.1 Å². The number of aryl methyl sites for hydroxylation is 2. The van der Waals surface area contributed by atoms with Gasteiger partial charge in [-0.2, -0.15) is 4.31 Å². The van der Waals surface area contributed by atoms with E-state index in [4.69, 9.17) is 4.74 Å². The fourth-order valence-electron chi connectivity index (χ4n) is 3.13. The Hall–Kier alpha value is -2.38. The van der Waals surface area contributed by atoms with Gasteiger partial charge in [-0.3, -0.25) is 4.79 Å². The predicted octanol–water partition coefficient (Wildman–Crippen LogP) is 2.85. The fourth-order valence-corrected chi connectivity index (χ4v) is 4.35. The van der Waals surface area contributed by atoms with E-state index in [1.165, 1.54) is 15.8 Å². The molecule has 2 aromatic rings. The Balaban J connectivity index is 1.59. The average molecular weight is 403 g/mol. The Morgan fingerprint density at radius 2 is 1.71 bits per heavy atom. The molecule has 3 rings (SSSR count). The summed E-state index contributed by atoms with van der Waals surface area (Å²) in [4.78, 5) is 11.9. The summed E-state index contributed by atoms with van der Waals surface area (Å²) in [6.07, 6.45) is 2.71. The van der Waals surface area contributed by atoms with Crippen molar-refractivity contribution in [3.63, 3.8) is 0 Å². The molecule has 0 radical (unpaired) electrons. The first kappa shape index (κ1) is 20.4. The Morgan fingerprint density at radius 1 is 1.07 bits per heavy atom. The summed E-state index contributed by atoms with van der Waals surface area (Å²) >= 11 is 0. The Labute approximate surface area is 166 Å². The molecule has 1 aliphatic rings. The number of sulfonamides is 1. The van der Waals surface area contributed by atoms with E-state index >= 15 is 0 Å². The molecule has 7 heteroatoms. The van der Waals surface area contributed by atoms with E-state index in [2.05, 4.69) is 0 Å². The summed E-state index contributed by atoms with van der Waals surface area (Å²) in [6, 6.07) is 11.0. The minimum atomic E-state index is -3.46. The van der Waals surface area contributed by atoms with Crippen molar-refractivity contribution in [2.24, 2.45) is 7.05 Å². The molecular formula is C21H26N2O4S. The lowest BCUT2D eigenvalue weighted by molar-refractivity contribution is 0.135. The van der Waals surface area contributed by atoms with Gasteiger partial charge in [0.05, 0.1) is 0 Å². The maximum atomic E-state index is 12.6. The molecule has 1 aromatic carbocycles. The van der Waals surface area contributed by atoms with Crippen molar-refractivity contribution in [3.8, 4) is 5.75 Å². The Kier molecular flexibility index (Phi) is 6.05. The first-order valence-corrected chi connectivity index (χ1v) is 10.8. The summed E-state index contributed by atoms with van der Waals surface area (Å²) in [7, 11) is -1.75. The molecule has 0 bridgehead atoms. The molecular weight excluding hydrogens is 376 g/mol. The third-order valence-electron chi connectivity index (χ3n) is 5.05. The molecule has 1 aromatic heterocycles. The number of rotatable bonds is 5. The van der Waals surface area contributed by atoms with Crippen LogP contribution in [0.4, 0.5) is 0 Å². The largest absolute Gasteiger partial charge is 0.490 e. The highest BCUT2D eigenvalue weighted by molar-refractivity contribution is 7.92. The van der Waals surface area contributed by atoms with Gasteiger partial charge in [-0.05, 0) is 44.4 Å². The number of piperidine rings is 1. The molecule has 0 aliphatic carbocycles. The van der Waals surface area contributed by atoms with Gasteiger partial charge >= 0.3 is 0 Å². The second kappa shape index (κ2) is 8.32. The van der Waals surface area contributed by atoms with Crippen LogP contribution in [0.5, 0.6) is 5.75 Å². The van der Waals surface area contributed by atoms with Crippen molar-refractivity contribution in [3.05, 3.63) is 69.0 Å². The molecule has 28 heavy (non-hydrogen) atoms. The van der Waals surface area contributed by atoms with Crippen molar-refractivity contribution in [2.45, 2.75) is 32.8 Å². The molecule has 1 aliphatic heterocycles. The molecule has 0 amide bonds. The minimum absolute atomic E-state index is 0.0981. The monoisotopic (exact) mass is 402 g/mol. The maximum Gasteiger partial charge on any atom is 0.254 e. The fraction of sp³-hybridized carbons (Fsp3) is 0.381. The number of aromatic nitrogens is 1. The molecule has 0 spiro atoms. The molecule has 6 nitrogen and oxygen atoms in total. The topological polar surface area (TPSA) is 68.6 Å². The molecule has 2 heterocycles. The molecule has 1 saturated heterocycles. The van der Waals surface area contributed by atoms with Crippen LogP contribution < -0.4 is 10.3 Å². The van der Waals surface area contributed by atoms with Gasteiger partial charge in [0, 0.05) is 37.3 Å².